The van der Waals surface area contributed by atoms with Crippen LogP contribution in [0.4, 0.5) is 0 Å². The molecule has 3 aromatic carbocycles. The Hall–Kier alpha value is -3.94. The van der Waals surface area contributed by atoms with Crippen molar-refractivity contribution in [3.63, 3.8) is 0 Å². The number of thiazole rings is 2. The zero-order valence-corrected chi connectivity index (χ0v) is 18.5. The van der Waals surface area contributed by atoms with E-state index in [9.17, 15) is 9.59 Å². The maximum absolute atomic E-state index is 13.0. The minimum absolute atomic E-state index is 0.152. The first kappa shape index (κ1) is 18.6. The number of carbonyl (C=O) groups is 2. The van der Waals surface area contributed by atoms with Crippen LogP contribution in [-0.2, 0) is 0 Å². The van der Waals surface area contributed by atoms with Gasteiger partial charge in [-0.05, 0) is 41.1 Å². The van der Waals surface area contributed by atoms with Crippen LogP contribution < -0.4 is 0 Å². The van der Waals surface area contributed by atoms with E-state index in [0.717, 1.165) is 36.4 Å². The predicted octanol–water partition coefficient (Wildman–Crippen LogP) is 6.78. The number of carbonyl (C=O) groups excluding carboxylic acids is 2. The third-order valence-electron chi connectivity index (χ3n) is 5.76. The van der Waals surface area contributed by atoms with Crippen molar-refractivity contribution in [1.29, 1.82) is 0 Å². The molecule has 0 aliphatic heterocycles. The van der Waals surface area contributed by atoms with Gasteiger partial charge in [0.1, 0.15) is 10.6 Å². The number of para-hydroxylation sites is 1. The number of ketones is 2. The third kappa shape index (κ3) is 2.83. The average molecular weight is 465 g/mol. The van der Waals surface area contributed by atoms with Crippen LogP contribution in [0.15, 0.2) is 76.7 Å². The summed E-state index contributed by atoms with van der Waals surface area (Å²) in [7, 11) is 0. The highest BCUT2D eigenvalue weighted by Gasteiger charge is 2.33. The molecule has 0 spiro atoms. The fourth-order valence-electron chi connectivity index (χ4n) is 4.18. The van der Waals surface area contributed by atoms with E-state index in [1.807, 2.05) is 54.6 Å². The van der Waals surface area contributed by atoms with Crippen LogP contribution in [0.1, 0.15) is 25.7 Å². The summed E-state index contributed by atoms with van der Waals surface area (Å²) in [5.74, 6) is 0.195. The number of rotatable bonds is 2. The van der Waals surface area contributed by atoms with E-state index >= 15 is 0 Å². The lowest BCUT2D eigenvalue weighted by molar-refractivity contribution is 0.0990. The minimum atomic E-state index is -0.254. The van der Waals surface area contributed by atoms with Gasteiger partial charge in [-0.1, -0.05) is 65.1 Å². The first-order valence-electron chi connectivity index (χ1n) is 10.2. The predicted molar refractivity (Wildman–Crippen MR) is 131 cm³/mol. The van der Waals surface area contributed by atoms with E-state index in [2.05, 4.69) is 9.97 Å². The maximum Gasteiger partial charge on any atom is 0.197 e. The largest absolute Gasteiger partial charge is 0.454 e. The molecular formula is C26H12N2O3S2. The van der Waals surface area contributed by atoms with Gasteiger partial charge in [0.15, 0.2) is 32.0 Å². The Labute approximate surface area is 194 Å². The molecule has 0 unspecified atom stereocenters. The van der Waals surface area contributed by atoms with Gasteiger partial charge in [-0.3, -0.25) is 9.59 Å². The number of fused-ring (bicyclic) bond motifs is 4. The number of hydrogen-bond acceptors (Lipinski definition) is 7. The monoisotopic (exact) mass is 464 g/mol. The van der Waals surface area contributed by atoms with Gasteiger partial charge >= 0.3 is 0 Å². The number of benzene rings is 3. The first-order chi connectivity index (χ1) is 16.1. The van der Waals surface area contributed by atoms with Crippen LogP contribution in [0.5, 0.6) is 0 Å². The Kier molecular flexibility index (Phi) is 3.82. The van der Waals surface area contributed by atoms with Crippen LogP contribution in [0.3, 0.4) is 0 Å². The molecule has 1 aliphatic rings. The van der Waals surface area contributed by atoms with E-state index < -0.39 is 0 Å². The Morgan fingerprint density at radius 3 is 2.03 bits per heavy atom. The summed E-state index contributed by atoms with van der Waals surface area (Å²) in [6.45, 7) is 0. The van der Waals surface area contributed by atoms with E-state index in [0.29, 0.717) is 21.9 Å². The zero-order valence-electron chi connectivity index (χ0n) is 16.9. The van der Waals surface area contributed by atoms with Crippen molar-refractivity contribution in [3.05, 3.63) is 88.4 Å². The standard InChI is InChI=1S/C26H12N2O3S2/c29-22-16-9-13-5-1-2-6-14(13)10-17(16)23(30)18(22)12-21-27-25-26(32-21)28-24(33-25)20-11-15-7-3-4-8-19(15)31-20/h1-12H. The number of hydrogen-bond donors (Lipinski definition) is 0. The second kappa shape index (κ2) is 6.78. The van der Waals surface area contributed by atoms with Crippen LogP contribution in [0.2, 0.25) is 0 Å². The molecule has 0 N–H and O–H groups in total. The topological polar surface area (TPSA) is 73.1 Å². The van der Waals surface area contributed by atoms with Gasteiger partial charge in [0.25, 0.3) is 0 Å². The Morgan fingerprint density at radius 2 is 1.36 bits per heavy atom. The second-order valence-electron chi connectivity index (χ2n) is 7.79. The molecular weight excluding hydrogens is 452 g/mol. The molecule has 0 amide bonds. The maximum atomic E-state index is 13.0. The summed E-state index contributed by atoms with van der Waals surface area (Å²) in [4.78, 5) is 36.8. The van der Waals surface area contributed by atoms with Gasteiger partial charge in [-0.2, -0.15) is 0 Å². The van der Waals surface area contributed by atoms with Gasteiger partial charge in [0, 0.05) is 16.5 Å². The summed E-state index contributed by atoms with van der Waals surface area (Å²) in [5, 5.41) is 4.25. The molecule has 156 valence electrons. The number of furan rings is 1. The number of allylic oxidation sites excluding steroid dienone is 1. The molecule has 0 saturated carbocycles. The fraction of sp³-hybridized carbons (Fsp3) is 0. The first-order valence-corrected chi connectivity index (χ1v) is 11.9. The van der Waals surface area contributed by atoms with Crippen molar-refractivity contribution in [1.82, 2.24) is 9.97 Å². The molecule has 0 radical (unpaired) electrons. The second-order valence-corrected chi connectivity index (χ2v) is 9.78. The van der Waals surface area contributed by atoms with E-state index in [4.69, 9.17) is 4.42 Å². The van der Waals surface area contributed by atoms with Crippen molar-refractivity contribution in [2.24, 2.45) is 0 Å². The molecule has 0 atom stereocenters. The van der Waals surface area contributed by atoms with E-state index in [-0.39, 0.29) is 17.1 Å². The van der Waals surface area contributed by atoms with E-state index in [1.165, 1.54) is 22.7 Å². The van der Waals surface area contributed by atoms with Gasteiger partial charge in [0.05, 0.1) is 5.57 Å². The summed E-state index contributed by atoms with van der Waals surface area (Å²) in [6.07, 6.45) is 1.59. The lowest BCUT2D eigenvalue weighted by atomic mass is 10.0. The van der Waals surface area contributed by atoms with Crippen LogP contribution >= 0.6 is 22.7 Å². The molecule has 3 heterocycles. The highest BCUT2D eigenvalue weighted by molar-refractivity contribution is 7.28. The molecule has 0 saturated heterocycles. The summed E-state index contributed by atoms with van der Waals surface area (Å²) in [5.41, 5.74) is 1.87. The Balaban J connectivity index is 1.26. The Bertz CT molecular complexity index is 1700. The smallest absolute Gasteiger partial charge is 0.197 e. The van der Waals surface area contributed by atoms with Crippen LogP contribution in [0.25, 0.3) is 48.2 Å². The third-order valence-corrected chi connectivity index (χ3v) is 7.75. The Morgan fingerprint density at radius 1 is 0.727 bits per heavy atom. The summed E-state index contributed by atoms with van der Waals surface area (Å²) < 4.78 is 5.91. The molecule has 33 heavy (non-hydrogen) atoms. The number of Topliss-reactive ketones (excluding diaryl/α,β-unsaturated/α-hetero) is 2. The number of aromatic nitrogens is 2. The SMILES string of the molecule is O=C1C(=Cc2nc3sc(-c4cc5ccccc5o4)nc3s2)C(=O)c2cc3ccccc3cc21. The number of nitrogens with zero attached hydrogens (tertiary/aromatic N) is 2. The lowest BCUT2D eigenvalue weighted by Crippen LogP contribution is -1.99. The van der Waals surface area contributed by atoms with E-state index in [1.54, 1.807) is 18.2 Å². The zero-order chi connectivity index (χ0) is 22.1. The molecule has 0 bridgehead atoms. The highest BCUT2D eigenvalue weighted by Crippen LogP contribution is 2.37. The van der Waals surface area contributed by atoms with Gasteiger partial charge in [-0.25, -0.2) is 9.97 Å². The molecule has 7 rings (SSSR count). The van der Waals surface area contributed by atoms with Crippen molar-refractivity contribution in [2.75, 3.05) is 0 Å². The molecule has 5 nitrogen and oxygen atoms in total. The quantitative estimate of drug-likeness (QED) is 0.209. The van der Waals surface area contributed by atoms with Crippen LogP contribution in [-0.4, -0.2) is 21.5 Å². The molecule has 0 fully saturated rings. The summed E-state index contributed by atoms with van der Waals surface area (Å²) in [6, 6.07) is 21.1. The highest BCUT2D eigenvalue weighted by atomic mass is 32.1. The van der Waals surface area contributed by atoms with Crippen molar-refractivity contribution >= 4 is 71.7 Å². The van der Waals surface area contributed by atoms with Crippen LogP contribution in [0, 0.1) is 0 Å². The average Bonchev–Trinajstić information content (AvgIpc) is 3.57. The molecule has 6 aromatic rings. The van der Waals surface area contributed by atoms with Gasteiger partial charge in [-0.15, -0.1) is 0 Å². The molecule has 3 aromatic heterocycles. The fourth-order valence-corrected chi connectivity index (χ4v) is 6.12. The van der Waals surface area contributed by atoms with Gasteiger partial charge < -0.3 is 4.42 Å². The summed E-state index contributed by atoms with van der Waals surface area (Å²) >= 11 is 2.79. The van der Waals surface area contributed by atoms with Gasteiger partial charge in [0.2, 0.25) is 0 Å². The molecule has 7 heteroatoms. The van der Waals surface area contributed by atoms with Crippen molar-refractivity contribution < 1.29 is 14.0 Å². The lowest BCUT2D eigenvalue weighted by Gasteiger charge is -2.00. The van der Waals surface area contributed by atoms with Crippen molar-refractivity contribution in [2.45, 2.75) is 0 Å². The minimum Gasteiger partial charge on any atom is -0.454 e. The molecule has 1 aliphatic carbocycles. The van der Waals surface area contributed by atoms with Crippen molar-refractivity contribution in [3.8, 4) is 10.8 Å². The normalized spacial score (nSPS) is 13.5.